The van der Waals surface area contributed by atoms with Gasteiger partial charge in [0.05, 0.1) is 5.56 Å². The molecule has 2 atom stereocenters. The molecule has 0 aromatic heterocycles. The topological polar surface area (TPSA) is 44.8 Å². The normalized spacial score (nSPS) is 13.7. The van der Waals surface area contributed by atoms with Crippen molar-refractivity contribution in [1.29, 1.82) is 0 Å². The van der Waals surface area contributed by atoms with Gasteiger partial charge in [0.15, 0.2) is 6.10 Å². The number of carbonyl (C=O) groups is 1. The fourth-order valence-electron chi connectivity index (χ4n) is 2.00. The van der Waals surface area contributed by atoms with Gasteiger partial charge in [0.2, 0.25) is 0 Å². The van der Waals surface area contributed by atoms with Crippen LogP contribution in [0.5, 0.6) is 0 Å². The van der Waals surface area contributed by atoms with Crippen LogP contribution in [0.2, 0.25) is 0 Å². The van der Waals surface area contributed by atoms with Gasteiger partial charge in [0.1, 0.15) is 12.9 Å². The molecule has 0 fully saturated rings. The van der Waals surface area contributed by atoms with Crippen LogP contribution < -0.4 is 0 Å². The fraction of sp³-hybridized carbons (Fsp3) is 0.471. The van der Waals surface area contributed by atoms with Crippen LogP contribution in [0.4, 0.5) is 0 Å². The quantitative estimate of drug-likeness (QED) is 0.343. The molecule has 0 saturated carbocycles. The van der Waals surface area contributed by atoms with Crippen LogP contribution in [-0.2, 0) is 14.2 Å². The lowest BCUT2D eigenvalue weighted by atomic mass is 10.0. The summed E-state index contributed by atoms with van der Waals surface area (Å²) in [6, 6.07) is 8.91. The van der Waals surface area contributed by atoms with Gasteiger partial charge in [-0.2, -0.15) is 0 Å². The van der Waals surface area contributed by atoms with Gasteiger partial charge in [0, 0.05) is 10.7 Å². The third-order valence-corrected chi connectivity index (χ3v) is 3.61. The van der Waals surface area contributed by atoms with E-state index < -0.39 is 6.10 Å². The molecule has 0 unspecified atom stereocenters. The minimum Gasteiger partial charge on any atom is -0.451 e. The number of hydrogen-bond donors (Lipinski definition) is 0. The Hall–Kier alpha value is -0.920. The van der Waals surface area contributed by atoms with Crippen molar-refractivity contribution in [2.75, 3.05) is 13.9 Å². The average Bonchev–Trinajstić information content (AvgIpc) is 2.49. The molecule has 0 radical (unpaired) electrons. The van der Waals surface area contributed by atoms with Crippen LogP contribution in [0.15, 0.2) is 40.5 Å². The van der Waals surface area contributed by atoms with E-state index in [1.807, 2.05) is 6.07 Å². The standard InChI is InChI=1S/C17H23IO4/c1-12(2)10-15(21-11-20-4)16(13(3)18)22-17(19)14-8-6-5-7-9-14/h5-9,12,15-16H,3,10-11H2,1-2,4H3/t15-,16+/m0/s1. The molecule has 0 heterocycles. The van der Waals surface area contributed by atoms with E-state index >= 15 is 0 Å². The van der Waals surface area contributed by atoms with Crippen molar-refractivity contribution in [1.82, 2.24) is 0 Å². The Kier molecular flexibility index (Phi) is 8.67. The van der Waals surface area contributed by atoms with Gasteiger partial charge in [-0.3, -0.25) is 0 Å². The monoisotopic (exact) mass is 418 g/mol. The van der Waals surface area contributed by atoms with Crippen LogP contribution >= 0.6 is 22.6 Å². The van der Waals surface area contributed by atoms with Crippen molar-refractivity contribution in [3.63, 3.8) is 0 Å². The highest BCUT2D eigenvalue weighted by molar-refractivity contribution is 14.1. The number of ether oxygens (including phenoxy) is 3. The maximum atomic E-state index is 12.3. The van der Waals surface area contributed by atoms with E-state index in [4.69, 9.17) is 14.2 Å². The van der Waals surface area contributed by atoms with E-state index in [1.165, 1.54) is 0 Å². The Morgan fingerprint density at radius 1 is 1.27 bits per heavy atom. The summed E-state index contributed by atoms with van der Waals surface area (Å²) in [5.41, 5.74) is 0.514. The largest absolute Gasteiger partial charge is 0.451 e. The highest BCUT2D eigenvalue weighted by Gasteiger charge is 2.29. The molecule has 0 aliphatic carbocycles. The minimum absolute atomic E-state index is 0.153. The van der Waals surface area contributed by atoms with Crippen molar-refractivity contribution in [3.8, 4) is 0 Å². The van der Waals surface area contributed by atoms with Crippen molar-refractivity contribution in [3.05, 3.63) is 46.1 Å². The third-order valence-electron chi connectivity index (χ3n) is 2.99. The molecule has 1 aromatic rings. The van der Waals surface area contributed by atoms with Crippen LogP contribution in [0, 0.1) is 5.92 Å². The summed E-state index contributed by atoms with van der Waals surface area (Å²) >= 11 is 2.08. The summed E-state index contributed by atoms with van der Waals surface area (Å²) in [5, 5.41) is 0. The zero-order chi connectivity index (χ0) is 16.5. The van der Waals surface area contributed by atoms with Gasteiger partial charge >= 0.3 is 5.97 Å². The number of rotatable bonds is 9. The highest BCUT2D eigenvalue weighted by Crippen LogP contribution is 2.24. The van der Waals surface area contributed by atoms with Crippen molar-refractivity contribution in [2.45, 2.75) is 32.5 Å². The Labute approximate surface area is 146 Å². The summed E-state index contributed by atoms with van der Waals surface area (Å²) in [7, 11) is 1.57. The Morgan fingerprint density at radius 2 is 1.91 bits per heavy atom. The minimum atomic E-state index is -0.508. The summed E-state index contributed by atoms with van der Waals surface area (Å²) in [6.45, 7) is 8.27. The lowest BCUT2D eigenvalue weighted by molar-refractivity contribution is -0.111. The molecular weight excluding hydrogens is 395 g/mol. The number of methoxy groups -OCH3 is 1. The number of hydrogen-bond acceptors (Lipinski definition) is 4. The highest BCUT2D eigenvalue weighted by atomic mass is 127. The van der Waals surface area contributed by atoms with E-state index in [0.717, 1.165) is 10.0 Å². The van der Waals surface area contributed by atoms with Gasteiger partial charge in [-0.15, -0.1) is 0 Å². The van der Waals surface area contributed by atoms with Crippen molar-refractivity contribution in [2.24, 2.45) is 5.92 Å². The van der Waals surface area contributed by atoms with E-state index in [-0.39, 0.29) is 18.9 Å². The second-order valence-corrected chi connectivity index (χ2v) is 6.77. The average molecular weight is 418 g/mol. The van der Waals surface area contributed by atoms with Gasteiger partial charge in [-0.1, -0.05) is 38.6 Å². The van der Waals surface area contributed by atoms with E-state index in [1.54, 1.807) is 31.4 Å². The first kappa shape index (κ1) is 19.1. The SMILES string of the molecule is C=C(I)[C@@H](OC(=O)c1ccccc1)[C@H](CC(C)C)OCOC. The van der Waals surface area contributed by atoms with Crippen LogP contribution in [0.1, 0.15) is 30.6 Å². The zero-order valence-electron chi connectivity index (χ0n) is 13.3. The van der Waals surface area contributed by atoms with Crippen LogP contribution in [0.25, 0.3) is 0 Å². The second-order valence-electron chi connectivity index (χ2n) is 5.38. The van der Waals surface area contributed by atoms with Gasteiger partial charge < -0.3 is 14.2 Å². The second kappa shape index (κ2) is 9.97. The first-order chi connectivity index (χ1) is 10.5. The number of benzene rings is 1. The summed E-state index contributed by atoms with van der Waals surface area (Å²) in [6.07, 6.45) is -0.0409. The Balaban J connectivity index is 2.84. The molecule has 4 nitrogen and oxygen atoms in total. The van der Waals surface area contributed by atoms with Gasteiger partial charge in [0.25, 0.3) is 0 Å². The molecule has 5 heteroatoms. The van der Waals surface area contributed by atoms with E-state index in [0.29, 0.717) is 11.5 Å². The molecule has 0 aliphatic heterocycles. The molecule has 0 amide bonds. The zero-order valence-corrected chi connectivity index (χ0v) is 15.4. The lowest BCUT2D eigenvalue weighted by Crippen LogP contribution is -2.35. The smallest absolute Gasteiger partial charge is 0.338 e. The maximum absolute atomic E-state index is 12.3. The summed E-state index contributed by atoms with van der Waals surface area (Å²) < 4.78 is 17.0. The molecule has 0 aliphatic rings. The van der Waals surface area contributed by atoms with Crippen molar-refractivity contribution >= 4 is 28.6 Å². The number of halogens is 1. The van der Waals surface area contributed by atoms with Crippen LogP contribution in [-0.4, -0.2) is 32.1 Å². The molecule has 0 saturated heterocycles. The first-order valence-electron chi connectivity index (χ1n) is 7.16. The Bertz CT molecular complexity index is 473. The molecular formula is C17H23IO4. The molecule has 0 bridgehead atoms. The predicted octanol–water partition coefficient (Wildman–Crippen LogP) is 4.20. The molecule has 122 valence electrons. The van der Waals surface area contributed by atoms with E-state index in [9.17, 15) is 4.79 Å². The molecule has 22 heavy (non-hydrogen) atoms. The van der Waals surface area contributed by atoms with E-state index in [2.05, 4.69) is 43.0 Å². The number of carbonyl (C=O) groups excluding carboxylic acids is 1. The maximum Gasteiger partial charge on any atom is 0.338 e. The fourth-order valence-corrected chi connectivity index (χ4v) is 2.53. The molecule has 1 aromatic carbocycles. The lowest BCUT2D eigenvalue weighted by Gasteiger charge is -2.28. The Morgan fingerprint density at radius 3 is 2.41 bits per heavy atom. The molecule has 1 rings (SSSR count). The van der Waals surface area contributed by atoms with Crippen LogP contribution in [0.3, 0.4) is 0 Å². The van der Waals surface area contributed by atoms with Gasteiger partial charge in [-0.05, 0) is 47.1 Å². The van der Waals surface area contributed by atoms with Gasteiger partial charge in [-0.25, -0.2) is 4.79 Å². The predicted molar refractivity (Wildman–Crippen MR) is 95.0 cm³/mol. The third kappa shape index (κ3) is 6.46. The molecule has 0 spiro atoms. The molecule has 0 N–H and O–H groups in total. The summed E-state index contributed by atoms with van der Waals surface area (Å²) in [4.78, 5) is 12.3. The number of esters is 1. The van der Waals surface area contributed by atoms with Crippen molar-refractivity contribution < 1.29 is 19.0 Å². The summed E-state index contributed by atoms with van der Waals surface area (Å²) in [5.74, 6) is 0.0220. The first-order valence-corrected chi connectivity index (χ1v) is 8.24.